The molecule has 1 aliphatic heterocycles. The van der Waals surface area contributed by atoms with Crippen LogP contribution in [0.5, 0.6) is 0 Å². The molecule has 3 atom stereocenters. The highest BCUT2D eigenvalue weighted by Crippen LogP contribution is 2.34. The minimum absolute atomic E-state index is 0.162. The first-order valence-corrected chi connectivity index (χ1v) is 7.56. The Labute approximate surface area is 122 Å². The van der Waals surface area contributed by atoms with Crippen LogP contribution in [0, 0.1) is 0 Å². The molecule has 0 bridgehead atoms. The third-order valence-corrected chi connectivity index (χ3v) is 4.80. The van der Waals surface area contributed by atoms with Crippen molar-refractivity contribution >= 4 is 0 Å². The first-order chi connectivity index (χ1) is 9.64. The van der Waals surface area contributed by atoms with E-state index in [0.29, 0.717) is 0 Å². The predicted octanol–water partition coefficient (Wildman–Crippen LogP) is 3.09. The van der Waals surface area contributed by atoms with E-state index in [-0.39, 0.29) is 17.7 Å². The maximum atomic E-state index is 6.03. The average Bonchev–Trinajstić information content (AvgIpc) is 2.52. The van der Waals surface area contributed by atoms with Gasteiger partial charge in [-0.1, -0.05) is 31.2 Å². The third-order valence-electron chi connectivity index (χ3n) is 4.80. The zero-order valence-corrected chi connectivity index (χ0v) is 13.1. The summed E-state index contributed by atoms with van der Waals surface area (Å²) < 4.78 is 11.8. The van der Waals surface area contributed by atoms with E-state index in [1.54, 1.807) is 7.11 Å². The van der Waals surface area contributed by atoms with Crippen LogP contribution in [0.2, 0.25) is 0 Å². The van der Waals surface area contributed by atoms with E-state index in [1.807, 2.05) is 7.05 Å². The summed E-state index contributed by atoms with van der Waals surface area (Å²) in [6, 6.07) is 8.90. The first-order valence-electron chi connectivity index (χ1n) is 7.56. The zero-order valence-electron chi connectivity index (χ0n) is 13.1. The Balaban J connectivity index is 2.17. The van der Waals surface area contributed by atoms with Gasteiger partial charge in [0.25, 0.3) is 0 Å². The Morgan fingerprint density at radius 2 is 2.20 bits per heavy atom. The lowest BCUT2D eigenvalue weighted by Gasteiger charge is -2.38. The van der Waals surface area contributed by atoms with E-state index >= 15 is 0 Å². The second-order valence-electron chi connectivity index (χ2n) is 5.76. The summed E-state index contributed by atoms with van der Waals surface area (Å²) in [7, 11) is 3.80. The summed E-state index contributed by atoms with van der Waals surface area (Å²) in [6.07, 6.45) is 3.10. The Morgan fingerprint density at radius 1 is 1.45 bits per heavy atom. The number of hydrogen-bond donors (Lipinski definition) is 1. The van der Waals surface area contributed by atoms with Gasteiger partial charge in [-0.3, -0.25) is 0 Å². The molecule has 3 nitrogen and oxygen atoms in total. The number of rotatable bonds is 6. The molecule has 0 aliphatic carbocycles. The van der Waals surface area contributed by atoms with Gasteiger partial charge in [0.05, 0.1) is 18.3 Å². The van der Waals surface area contributed by atoms with Crippen molar-refractivity contribution in [2.45, 2.75) is 50.9 Å². The van der Waals surface area contributed by atoms with Crippen LogP contribution in [0.15, 0.2) is 24.3 Å². The second kappa shape index (κ2) is 6.70. The molecule has 20 heavy (non-hydrogen) atoms. The number of fused-ring (bicyclic) bond motifs is 1. The van der Waals surface area contributed by atoms with Crippen molar-refractivity contribution in [3.63, 3.8) is 0 Å². The lowest BCUT2D eigenvalue weighted by atomic mass is 9.85. The largest absolute Gasteiger partial charge is 0.377 e. The van der Waals surface area contributed by atoms with Crippen molar-refractivity contribution in [1.29, 1.82) is 0 Å². The minimum atomic E-state index is -0.162. The molecule has 112 valence electrons. The molecule has 1 heterocycles. The van der Waals surface area contributed by atoms with Crippen LogP contribution in [-0.4, -0.2) is 32.4 Å². The summed E-state index contributed by atoms with van der Waals surface area (Å²) >= 11 is 0. The molecule has 3 unspecified atom stereocenters. The van der Waals surface area contributed by atoms with Gasteiger partial charge in [0.1, 0.15) is 0 Å². The van der Waals surface area contributed by atoms with Crippen molar-refractivity contribution in [1.82, 2.24) is 5.32 Å². The molecule has 1 aromatic carbocycles. The fourth-order valence-electron chi connectivity index (χ4n) is 3.09. The van der Waals surface area contributed by atoms with Crippen molar-refractivity contribution in [3.05, 3.63) is 35.4 Å². The SMILES string of the molecule is CCC(C)(OC)C(CC1OCCc2ccccc21)NC. The maximum Gasteiger partial charge on any atom is 0.0843 e. The fraction of sp³-hybridized carbons (Fsp3) is 0.647. The number of benzene rings is 1. The summed E-state index contributed by atoms with van der Waals surface area (Å²) in [5.74, 6) is 0. The molecular formula is C17H27NO2. The van der Waals surface area contributed by atoms with Gasteiger partial charge in [-0.2, -0.15) is 0 Å². The predicted molar refractivity (Wildman–Crippen MR) is 82.0 cm³/mol. The van der Waals surface area contributed by atoms with Gasteiger partial charge in [0.2, 0.25) is 0 Å². The van der Waals surface area contributed by atoms with E-state index in [0.717, 1.165) is 25.9 Å². The molecule has 0 spiro atoms. The second-order valence-corrected chi connectivity index (χ2v) is 5.76. The monoisotopic (exact) mass is 277 g/mol. The van der Waals surface area contributed by atoms with E-state index in [2.05, 4.69) is 43.4 Å². The van der Waals surface area contributed by atoms with E-state index in [4.69, 9.17) is 9.47 Å². The molecular weight excluding hydrogens is 250 g/mol. The zero-order chi connectivity index (χ0) is 14.6. The third kappa shape index (κ3) is 3.05. The molecule has 0 amide bonds. The maximum absolute atomic E-state index is 6.03. The quantitative estimate of drug-likeness (QED) is 0.866. The Morgan fingerprint density at radius 3 is 2.85 bits per heavy atom. The van der Waals surface area contributed by atoms with E-state index in [1.165, 1.54) is 11.1 Å². The van der Waals surface area contributed by atoms with Gasteiger partial charge in [-0.15, -0.1) is 0 Å². The van der Waals surface area contributed by atoms with Gasteiger partial charge >= 0.3 is 0 Å². The number of nitrogens with one attached hydrogen (secondary N) is 1. The molecule has 0 fully saturated rings. The van der Waals surface area contributed by atoms with Crippen LogP contribution in [0.25, 0.3) is 0 Å². The standard InChI is InChI=1S/C17H27NO2/c1-5-17(2,19-4)16(18-3)12-15-14-9-7-6-8-13(14)10-11-20-15/h6-9,15-16,18H,5,10-12H2,1-4H3. The van der Waals surface area contributed by atoms with Crippen LogP contribution in [-0.2, 0) is 15.9 Å². The highest BCUT2D eigenvalue weighted by atomic mass is 16.5. The Kier molecular flexibility index (Phi) is 5.19. The number of hydrogen-bond acceptors (Lipinski definition) is 3. The molecule has 3 heteroatoms. The molecule has 1 aliphatic rings. The first kappa shape index (κ1) is 15.5. The topological polar surface area (TPSA) is 30.5 Å². The van der Waals surface area contributed by atoms with Crippen molar-refractivity contribution in [2.24, 2.45) is 0 Å². The molecule has 1 aromatic rings. The highest BCUT2D eigenvalue weighted by molar-refractivity contribution is 5.31. The van der Waals surface area contributed by atoms with Gasteiger partial charge in [0.15, 0.2) is 0 Å². The lowest BCUT2D eigenvalue weighted by molar-refractivity contribution is -0.0516. The van der Waals surface area contributed by atoms with Gasteiger partial charge < -0.3 is 14.8 Å². The van der Waals surface area contributed by atoms with Crippen LogP contribution in [0.3, 0.4) is 0 Å². The number of likely N-dealkylation sites (N-methyl/N-ethyl adjacent to an activating group) is 1. The molecule has 0 saturated carbocycles. The smallest absolute Gasteiger partial charge is 0.0843 e. The van der Waals surface area contributed by atoms with Crippen LogP contribution in [0.4, 0.5) is 0 Å². The molecule has 1 N–H and O–H groups in total. The summed E-state index contributed by atoms with van der Waals surface area (Å²) in [6.45, 7) is 5.15. The van der Waals surface area contributed by atoms with Crippen molar-refractivity contribution < 1.29 is 9.47 Å². The summed E-state index contributed by atoms with van der Waals surface area (Å²) in [4.78, 5) is 0. The minimum Gasteiger partial charge on any atom is -0.377 e. The van der Waals surface area contributed by atoms with Crippen LogP contribution in [0.1, 0.15) is 43.9 Å². The lowest BCUT2D eigenvalue weighted by Crippen LogP contribution is -2.49. The van der Waals surface area contributed by atoms with Crippen molar-refractivity contribution in [3.8, 4) is 0 Å². The van der Waals surface area contributed by atoms with Crippen LogP contribution >= 0.6 is 0 Å². The Hall–Kier alpha value is -0.900. The summed E-state index contributed by atoms with van der Waals surface area (Å²) in [5.41, 5.74) is 2.60. The van der Waals surface area contributed by atoms with Gasteiger partial charge in [0, 0.05) is 13.2 Å². The van der Waals surface area contributed by atoms with E-state index < -0.39 is 0 Å². The molecule has 2 rings (SSSR count). The summed E-state index contributed by atoms with van der Waals surface area (Å²) in [5, 5.41) is 3.42. The highest BCUT2D eigenvalue weighted by Gasteiger charge is 2.35. The fourth-order valence-corrected chi connectivity index (χ4v) is 3.09. The average molecular weight is 277 g/mol. The number of ether oxygens (including phenoxy) is 2. The normalized spacial score (nSPS) is 22.9. The molecule has 0 saturated heterocycles. The Bertz CT molecular complexity index is 429. The van der Waals surface area contributed by atoms with Crippen molar-refractivity contribution in [2.75, 3.05) is 20.8 Å². The molecule has 0 radical (unpaired) electrons. The van der Waals surface area contributed by atoms with Gasteiger partial charge in [-0.05, 0) is 44.4 Å². The van der Waals surface area contributed by atoms with E-state index in [9.17, 15) is 0 Å². The molecule has 0 aromatic heterocycles. The number of methoxy groups -OCH3 is 1. The van der Waals surface area contributed by atoms with Crippen LogP contribution < -0.4 is 5.32 Å². The van der Waals surface area contributed by atoms with Gasteiger partial charge in [-0.25, -0.2) is 0 Å².